The predicted molar refractivity (Wildman–Crippen MR) is 86.4 cm³/mol. The Morgan fingerprint density at radius 1 is 1.33 bits per heavy atom. The average molecular weight is 283 g/mol. The first kappa shape index (κ1) is 15.2. The molecular formula is C17H21N3O. The van der Waals surface area contributed by atoms with Crippen molar-refractivity contribution in [1.29, 1.82) is 0 Å². The van der Waals surface area contributed by atoms with E-state index in [9.17, 15) is 4.79 Å². The zero-order valence-electron chi connectivity index (χ0n) is 12.4. The Bertz CT molecular complexity index is 624. The Morgan fingerprint density at radius 3 is 2.90 bits per heavy atom. The second-order valence-corrected chi connectivity index (χ2v) is 4.83. The van der Waals surface area contributed by atoms with Gasteiger partial charge in [-0.25, -0.2) is 4.98 Å². The monoisotopic (exact) mass is 283 g/mol. The molecule has 4 heteroatoms. The van der Waals surface area contributed by atoms with E-state index < -0.39 is 0 Å². The third-order valence-corrected chi connectivity index (χ3v) is 3.38. The minimum atomic E-state index is -0.129. The van der Waals surface area contributed by atoms with E-state index in [1.165, 1.54) is 0 Å². The van der Waals surface area contributed by atoms with Crippen LogP contribution in [0.2, 0.25) is 0 Å². The molecule has 0 fully saturated rings. The lowest BCUT2D eigenvalue weighted by Crippen LogP contribution is -2.35. The molecule has 1 N–H and O–H groups in total. The van der Waals surface area contributed by atoms with Gasteiger partial charge in [0.25, 0.3) is 5.91 Å². The van der Waals surface area contributed by atoms with E-state index in [0.717, 1.165) is 30.5 Å². The van der Waals surface area contributed by atoms with Crippen LogP contribution in [0.5, 0.6) is 0 Å². The van der Waals surface area contributed by atoms with Gasteiger partial charge in [-0.2, -0.15) is 0 Å². The summed E-state index contributed by atoms with van der Waals surface area (Å²) in [6.07, 6.45) is 1.87. The summed E-state index contributed by atoms with van der Waals surface area (Å²) in [7, 11) is 0. The molecule has 21 heavy (non-hydrogen) atoms. The van der Waals surface area contributed by atoms with Gasteiger partial charge < -0.3 is 5.32 Å². The van der Waals surface area contributed by atoms with Gasteiger partial charge in [-0.05, 0) is 18.7 Å². The fraction of sp³-hybridized carbons (Fsp3) is 0.294. The summed E-state index contributed by atoms with van der Waals surface area (Å²) in [5, 5.41) is 3.95. The van der Waals surface area contributed by atoms with Crippen molar-refractivity contribution in [1.82, 2.24) is 15.2 Å². The van der Waals surface area contributed by atoms with Crippen LogP contribution in [0.25, 0.3) is 10.9 Å². The number of aromatic nitrogens is 1. The number of carbonyl (C=O) groups excluding carboxylic acids is 1. The fourth-order valence-electron chi connectivity index (χ4n) is 2.17. The number of benzene rings is 1. The molecule has 0 bridgehead atoms. The molecule has 1 heterocycles. The van der Waals surface area contributed by atoms with Crippen LogP contribution < -0.4 is 5.32 Å². The SMILES string of the molecule is C=CCN(CC)CCNC(=O)c1ccc2ccccc2n1. The van der Waals surface area contributed by atoms with Crippen molar-refractivity contribution in [3.8, 4) is 0 Å². The summed E-state index contributed by atoms with van der Waals surface area (Å²) in [6, 6.07) is 11.5. The van der Waals surface area contributed by atoms with Crippen LogP contribution in [0.3, 0.4) is 0 Å². The second-order valence-electron chi connectivity index (χ2n) is 4.83. The van der Waals surface area contributed by atoms with E-state index in [2.05, 4.69) is 28.7 Å². The molecule has 4 nitrogen and oxygen atoms in total. The predicted octanol–water partition coefficient (Wildman–Crippen LogP) is 2.47. The van der Waals surface area contributed by atoms with Crippen LogP contribution >= 0.6 is 0 Å². The van der Waals surface area contributed by atoms with E-state index in [1.807, 2.05) is 36.4 Å². The zero-order chi connectivity index (χ0) is 15.1. The second kappa shape index (κ2) is 7.55. The number of para-hydroxylation sites is 1. The Balaban J connectivity index is 1.94. The van der Waals surface area contributed by atoms with E-state index in [4.69, 9.17) is 0 Å². The van der Waals surface area contributed by atoms with Crippen LogP contribution in [0, 0.1) is 0 Å². The van der Waals surface area contributed by atoms with Gasteiger partial charge >= 0.3 is 0 Å². The Morgan fingerprint density at radius 2 is 2.14 bits per heavy atom. The number of amides is 1. The number of pyridine rings is 1. The first-order valence-electron chi connectivity index (χ1n) is 7.22. The van der Waals surface area contributed by atoms with E-state index >= 15 is 0 Å². The van der Waals surface area contributed by atoms with Crippen molar-refractivity contribution in [2.45, 2.75) is 6.92 Å². The van der Waals surface area contributed by atoms with Gasteiger partial charge in [0, 0.05) is 25.0 Å². The van der Waals surface area contributed by atoms with E-state index in [1.54, 1.807) is 6.07 Å². The van der Waals surface area contributed by atoms with Gasteiger partial charge in [0.05, 0.1) is 5.52 Å². The van der Waals surface area contributed by atoms with Crippen molar-refractivity contribution < 1.29 is 4.79 Å². The maximum atomic E-state index is 12.1. The van der Waals surface area contributed by atoms with Crippen molar-refractivity contribution in [2.24, 2.45) is 0 Å². The van der Waals surface area contributed by atoms with Crippen molar-refractivity contribution >= 4 is 16.8 Å². The van der Waals surface area contributed by atoms with Crippen molar-refractivity contribution in [3.63, 3.8) is 0 Å². The highest BCUT2D eigenvalue weighted by Crippen LogP contribution is 2.11. The molecule has 0 saturated heterocycles. The summed E-state index contributed by atoms with van der Waals surface area (Å²) < 4.78 is 0. The summed E-state index contributed by atoms with van der Waals surface area (Å²) in [5.41, 5.74) is 1.30. The van der Waals surface area contributed by atoms with Crippen LogP contribution in [-0.4, -0.2) is 42.0 Å². The van der Waals surface area contributed by atoms with Gasteiger partial charge in [-0.15, -0.1) is 6.58 Å². The normalized spacial score (nSPS) is 10.8. The lowest BCUT2D eigenvalue weighted by atomic mass is 10.2. The number of hydrogen-bond acceptors (Lipinski definition) is 3. The quantitative estimate of drug-likeness (QED) is 0.794. The van der Waals surface area contributed by atoms with E-state index in [-0.39, 0.29) is 5.91 Å². The van der Waals surface area contributed by atoms with Crippen LogP contribution in [0.1, 0.15) is 17.4 Å². The summed E-state index contributed by atoms with van der Waals surface area (Å²) in [4.78, 5) is 18.7. The standard InChI is InChI=1S/C17H21N3O/c1-3-12-20(4-2)13-11-18-17(21)16-10-9-14-7-5-6-8-15(14)19-16/h3,5-10H,1,4,11-13H2,2H3,(H,18,21). The highest BCUT2D eigenvalue weighted by Gasteiger charge is 2.08. The highest BCUT2D eigenvalue weighted by atomic mass is 16.1. The first-order chi connectivity index (χ1) is 10.2. The maximum absolute atomic E-state index is 12.1. The number of hydrogen-bond donors (Lipinski definition) is 1. The van der Waals surface area contributed by atoms with E-state index in [0.29, 0.717) is 12.2 Å². The molecule has 1 aromatic carbocycles. The van der Waals surface area contributed by atoms with Crippen LogP contribution in [0.4, 0.5) is 0 Å². The number of carbonyl (C=O) groups is 1. The van der Waals surface area contributed by atoms with Gasteiger partial charge in [0.2, 0.25) is 0 Å². The number of nitrogens with one attached hydrogen (secondary N) is 1. The molecule has 2 aromatic rings. The van der Waals surface area contributed by atoms with Crippen molar-refractivity contribution in [3.05, 3.63) is 54.7 Å². The molecule has 0 spiro atoms. The number of likely N-dealkylation sites (N-methyl/N-ethyl adjacent to an activating group) is 1. The summed E-state index contributed by atoms with van der Waals surface area (Å²) >= 11 is 0. The smallest absolute Gasteiger partial charge is 0.269 e. The first-order valence-corrected chi connectivity index (χ1v) is 7.22. The lowest BCUT2D eigenvalue weighted by molar-refractivity contribution is 0.0944. The Labute approximate surface area is 125 Å². The number of fused-ring (bicyclic) bond motifs is 1. The summed E-state index contributed by atoms with van der Waals surface area (Å²) in [5.74, 6) is -0.129. The van der Waals surface area contributed by atoms with Gasteiger partial charge in [-0.1, -0.05) is 37.3 Å². The fourth-order valence-corrected chi connectivity index (χ4v) is 2.17. The Kier molecular flexibility index (Phi) is 5.46. The molecule has 0 radical (unpaired) electrons. The largest absolute Gasteiger partial charge is 0.349 e. The lowest BCUT2D eigenvalue weighted by Gasteiger charge is -2.18. The molecule has 0 atom stereocenters. The topological polar surface area (TPSA) is 45.2 Å². The zero-order valence-corrected chi connectivity index (χ0v) is 12.4. The summed E-state index contributed by atoms with van der Waals surface area (Å²) in [6.45, 7) is 9.01. The minimum absolute atomic E-state index is 0.129. The molecular weight excluding hydrogens is 262 g/mol. The molecule has 0 aliphatic carbocycles. The highest BCUT2D eigenvalue weighted by molar-refractivity contribution is 5.94. The maximum Gasteiger partial charge on any atom is 0.269 e. The average Bonchev–Trinajstić information content (AvgIpc) is 2.53. The molecule has 1 amide bonds. The van der Waals surface area contributed by atoms with Crippen LogP contribution in [0.15, 0.2) is 49.1 Å². The van der Waals surface area contributed by atoms with Gasteiger partial charge in [0.1, 0.15) is 5.69 Å². The molecule has 0 unspecified atom stereocenters. The molecule has 0 saturated carbocycles. The minimum Gasteiger partial charge on any atom is -0.349 e. The Hall–Kier alpha value is -2.20. The van der Waals surface area contributed by atoms with Crippen LogP contribution in [-0.2, 0) is 0 Å². The van der Waals surface area contributed by atoms with Crippen molar-refractivity contribution in [2.75, 3.05) is 26.2 Å². The number of nitrogens with zero attached hydrogens (tertiary/aromatic N) is 2. The molecule has 0 aliphatic rings. The molecule has 110 valence electrons. The molecule has 0 aliphatic heterocycles. The van der Waals surface area contributed by atoms with Gasteiger partial charge in [-0.3, -0.25) is 9.69 Å². The van der Waals surface area contributed by atoms with Gasteiger partial charge in [0.15, 0.2) is 0 Å². The number of rotatable bonds is 7. The molecule has 1 aromatic heterocycles. The third-order valence-electron chi connectivity index (χ3n) is 3.38. The third kappa shape index (κ3) is 4.13. The molecule has 2 rings (SSSR count).